The van der Waals surface area contributed by atoms with Crippen LogP contribution in [0.25, 0.3) is 0 Å². The van der Waals surface area contributed by atoms with E-state index in [0.717, 1.165) is 4.90 Å². The first-order valence-electron chi connectivity index (χ1n) is 4.98. The number of aliphatic imine (C=N–C) groups is 1. The van der Waals surface area contributed by atoms with E-state index in [4.69, 9.17) is 5.73 Å². The largest absolute Gasteiger partial charge is 0.339 e. The van der Waals surface area contributed by atoms with Gasteiger partial charge in [-0.2, -0.15) is 8.42 Å². The number of urea groups is 1. The molecule has 0 aromatic heterocycles. The number of carbonyl (C=O) groups is 2. The van der Waals surface area contributed by atoms with Crippen LogP contribution in [0.3, 0.4) is 0 Å². The lowest BCUT2D eigenvalue weighted by molar-refractivity contribution is -0.137. The number of hydrogen-bond donors (Lipinski definition) is 3. The molecule has 1 fully saturated rings. The fourth-order valence-corrected chi connectivity index (χ4v) is 3.15. The highest BCUT2D eigenvalue weighted by Crippen LogP contribution is 2.10. The molecule has 0 saturated carbocycles. The lowest BCUT2D eigenvalue weighted by atomic mass is 10.1. The maximum atomic E-state index is 11.5. The first-order valence-corrected chi connectivity index (χ1v) is 7.44. The third-order valence-corrected chi connectivity index (χ3v) is 4.16. The van der Waals surface area contributed by atoms with E-state index in [9.17, 15) is 18.0 Å². The van der Waals surface area contributed by atoms with Gasteiger partial charge in [0.1, 0.15) is 6.04 Å². The molecule has 2 heterocycles. The number of nitrogens with zero attached hydrogens (tertiary/aromatic N) is 2. The minimum atomic E-state index is -4.06. The molecule has 0 radical (unpaired) electrons. The number of β-lactam (4-membered cyclic amide) rings is 1. The monoisotopic (exact) mass is 293 g/mol. The molecule has 1 saturated heterocycles. The Morgan fingerprint density at radius 2 is 2.28 bits per heavy atom. The van der Waals surface area contributed by atoms with E-state index < -0.39 is 28.2 Å². The van der Waals surface area contributed by atoms with Gasteiger partial charge < -0.3 is 5.73 Å². The summed E-state index contributed by atoms with van der Waals surface area (Å²) >= 11 is 1.23. The van der Waals surface area contributed by atoms with Gasteiger partial charge in [-0.25, -0.2) is 14.2 Å². The van der Waals surface area contributed by atoms with E-state index in [-0.39, 0.29) is 11.7 Å². The van der Waals surface area contributed by atoms with E-state index >= 15 is 0 Å². The van der Waals surface area contributed by atoms with Crippen LogP contribution in [0.2, 0.25) is 0 Å². The number of likely N-dealkylation sites (tertiary alicyclic amines) is 1. The molecule has 0 aromatic carbocycles. The molecule has 2 rings (SSSR count). The Morgan fingerprint density at radius 1 is 1.56 bits per heavy atom. The minimum absolute atomic E-state index is 0.00980. The van der Waals surface area contributed by atoms with Gasteiger partial charge in [0, 0.05) is 5.75 Å². The van der Waals surface area contributed by atoms with Gasteiger partial charge in [0.05, 0.1) is 13.1 Å². The highest BCUT2D eigenvalue weighted by Gasteiger charge is 2.39. The van der Waals surface area contributed by atoms with E-state index in [0.29, 0.717) is 12.3 Å². The zero-order valence-electron chi connectivity index (χ0n) is 9.12. The number of carbonyl (C=O) groups excluding carboxylic acids is 2. The van der Waals surface area contributed by atoms with Crippen LogP contribution >= 0.6 is 11.8 Å². The summed E-state index contributed by atoms with van der Waals surface area (Å²) in [7, 11) is -4.06. The lowest BCUT2D eigenvalue weighted by Gasteiger charge is -2.33. The first kappa shape index (κ1) is 13.1. The highest BCUT2D eigenvalue weighted by molar-refractivity contribution is 8.15. The Balaban J connectivity index is 1.92. The third kappa shape index (κ3) is 2.73. The van der Waals surface area contributed by atoms with Crippen molar-refractivity contribution < 1.29 is 18.0 Å². The molecule has 2 aliphatic rings. The fourth-order valence-electron chi connectivity index (χ4n) is 1.34. The van der Waals surface area contributed by atoms with Crippen LogP contribution in [-0.2, 0) is 15.0 Å². The average Bonchev–Trinajstić information content (AvgIpc) is 2.76. The number of amidine groups is 1. The zero-order valence-corrected chi connectivity index (χ0v) is 10.8. The summed E-state index contributed by atoms with van der Waals surface area (Å²) in [6.07, 6.45) is 0. The van der Waals surface area contributed by atoms with Crippen LogP contribution in [0.4, 0.5) is 4.79 Å². The van der Waals surface area contributed by atoms with Crippen molar-refractivity contribution in [1.29, 1.82) is 0 Å². The molecular weight excluding hydrogens is 282 g/mol. The smallest absolute Gasteiger partial charge is 0.318 e. The summed E-state index contributed by atoms with van der Waals surface area (Å²) in [5.74, 6) is 0.0842. The van der Waals surface area contributed by atoms with Crippen molar-refractivity contribution >= 4 is 39.1 Å². The van der Waals surface area contributed by atoms with Gasteiger partial charge >= 0.3 is 16.2 Å². The summed E-state index contributed by atoms with van der Waals surface area (Å²) in [5.41, 5.74) is 5.29. The molecule has 0 aliphatic carbocycles. The lowest BCUT2D eigenvalue weighted by Crippen LogP contribution is -2.65. The fraction of sp³-hybridized carbons (Fsp3) is 0.571. The second kappa shape index (κ2) is 4.74. The van der Waals surface area contributed by atoms with Crippen LogP contribution < -0.4 is 15.2 Å². The van der Waals surface area contributed by atoms with Gasteiger partial charge in [-0.05, 0) is 0 Å². The van der Waals surface area contributed by atoms with E-state index in [1.807, 2.05) is 0 Å². The summed E-state index contributed by atoms with van der Waals surface area (Å²) in [5, 5.41) is 0.224. The Morgan fingerprint density at radius 3 is 2.78 bits per heavy atom. The molecule has 18 heavy (non-hydrogen) atoms. The number of hydrogen-bond acceptors (Lipinski definition) is 7. The van der Waals surface area contributed by atoms with Crippen molar-refractivity contribution in [2.45, 2.75) is 6.04 Å². The number of nitrogens with two attached hydrogens (primary N) is 1. The topological polar surface area (TPSA) is 134 Å². The second-order valence-corrected chi connectivity index (χ2v) is 6.10. The molecule has 2 aliphatic heterocycles. The average molecular weight is 293 g/mol. The molecule has 0 bridgehead atoms. The van der Waals surface area contributed by atoms with Gasteiger partial charge in [0.15, 0.2) is 5.17 Å². The number of thioether (sulfide) groups is 1. The molecule has 0 aromatic rings. The Labute approximate surface area is 107 Å². The summed E-state index contributed by atoms with van der Waals surface area (Å²) < 4.78 is 26.9. The van der Waals surface area contributed by atoms with Gasteiger partial charge in [0.2, 0.25) is 5.91 Å². The van der Waals surface area contributed by atoms with E-state index in [2.05, 4.69) is 9.71 Å². The van der Waals surface area contributed by atoms with Crippen molar-refractivity contribution in [2.75, 3.05) is 18.8 Å². The van der Waals surface area contributed by atoms with Crippen LogP contribution in [0, 0.1) is 0 Å². The van der Waals surface area contributed by atoms with Crippen LogP contribution in [0.1, 0.15) is 0 Å². The first-order chi connectivity index (χ1) is 8.39. The SMILES string of the molecule is N[C@H]1CN(C(=O)NS(=O)(=O)NC2=NCCS2)C1=O. The molecule has 11 heteroatoms. The van der Waals surface area contributed by atoms with Gasteiger partial charge in [-0.3, -0.25) is 14.7 Å². The van der Waals surface area contributed by atoms with Gasteiger partial charge in [-0.1, -0.05) is 11.8 Å². The third-order valence-electron chi connectivity index (χ3n) is 2.24. The minimum Gasteiger partial charge on any atom is -0.318 e. The molecular formula is C7H11N5O4S2. The number of amides is 3. The van der Waals surface area contributed by atoms with Gasteiger partial charge in [0.25, 0.3) is 0 Å². The van der Waals surface area contributed by atoms with Crippen LogP contribution in [0.5, 0.6) is 0 Å². The number of imide groups is 1. The molecule has 3 amide bonds. The summed E-state index contributed by atoms with van der Waals surface area (Å²) in [4.78, 5) is 27.2. The molecule has 0 unspecified atom stereocenters. The molecule has 9 nitrogen and oxygen atoms in total. The zero-order chi connectivity index (χ0) is 13.3. The molecule has 100 valence electrons. The normalized spacial score (nSPS) is 23.4. The van der Waals surface area contributed by atoms with Crippen molar-refractivity contribution in [3.63, 3.8) is 0 Å². The number of nitrogens with one attached hydrogen (secondary N) is 2. The predicted octanol–water partition coefficient (Wildman–Crippen LogP) is -2.20. The standard InChI is InChI=1S/C7H11N5O4S2/c8-4-3-12(5(4)13)7(14)11-18(15,16)10-6-9-1-2-17-6/h4H,1-3,8H2,(H,9,10)(H,11,14)/t4-/m0/s1. The maximum Gasteiger partial charge on any atom is 0.339 e. The van der Waals surface area contributed by atoms with Crippen LogP contribution in [0.15, 0.2) is 4.99 Å². The number of rotatable bonds is 2. The van der Waals surface area contributed by atoms with Gasteiger partial charge in [-0.15, -0.1) is 0 Å². The van der Waals surface area contributed by atoms with Crippen LogP contribution in [-0.4, -0.2) is 55.3 Å². The van der Waals surface area contributed by atoms with Crippen molar-refractivity contribution in [1.82, 2.24) is 14.3 Å². The Bertz CT molecular complexity index is 516. The van der Waals surface area contributed by atoms with Crippen molar-refractivity contribution in [2.24, 2.45) is 10.7 Å². The molecule has 0 spiro atoms. The predicted molar refractivity (Wildman–Crippen MR) is 65.0 cm³/mol. The molecule has 4 N–H and O–H groups in total. The summed E-state index contributed by atoms with van der Waals surface area (Å²) in [6, 6.07) is -1.75. The quantitative estimate of drug-likeness (QED) is 0.495. The highest BCUT2D eigenvalue weighted by atomic mass is 32.2. The maximum absolute atomic E-state index is 11.5. The van der Waals surface area contributed by atoms with E-state index in [1.165, 1.54) is 11.8 Å². The van der Waals surface area contributed by atoms with Crippen molar-refractivity contribution in [3.8, 4) is 0 Å². The molecule has 1 atom stereocenters. The Kier molecular flexibility index (Phi) is 3.45. The second-order valence-electron chi connectivity index (χ2n) is 3.60. The summed E-state index contributed by atoms with van der Waals surface area (Å²) in [6.45, 7) is 0.534. The van der Waals surface area contributed by atoms with Crippen molar-refractivity contribution in [3.05, 3.63) is 0 Å². The Hall–Kier alpha value is -1.33. The van der Waals surface area contributed by atoms with E-state index in [1.54, 1.807) is 4.72 Å².